The highest BCUT2D eigenvalue weighted by molar-refractivity contribution is 9.10. The van der Waals surface area contributed by atoms with Crippen molar-refractivity contribution in [2.45, 2.75) is 13.8 Å². The lowest BCUT2D eigenvalue weighted by Crippen LogP contribution is -1.97. The summed E-state index contributed by atoms with van der Waals surface area (Å²) in [5, 5.41) is 0.523. The van der Waals surface area contributed by atoms with Crippen molar-refractivity contribution in [2.24, 2.45) is 0 Å². The molecule has 2 N–H and O–H groups in total. The number of fused-ring (bicyclic) bond motifs is 1. The molecule has 6 heteroatoms. The highest BCUT2D eigenvalue weighted by Crippen LogP contribution is 2.42. The average Bonchev–Trinajstić information content (AvgIpc) is 2.68. The number of nitrogens with zero attached hydrogens (tertiary/aromatic N) is 1. The first-order valence-electron chi connectivity index (χ1n) is 5.31. The number of halogens is 1. The second-order valence-electron chi connectivity index (χ2n) is 3.28. The van der Waals surface area contributed by atoms with Gasteiger partial charge < -0.3 is 15.2 Å². The summed E-state index contributed by atoms with van der Waals surface area (Å²) in [6, 6.07) is 1.85. The summed E-state index contributed by atoms with van der Waals surface area (Å²) in [4.78, 5) is 4.28. The van der Waals surface area contributed by atoms with Crippen LogP contribution in [0.25, 0.3) is 10.2 Å². The van der Waals surface area contributed by atoms with Crippen molar-refractivity contribution < 1.29 is 9.47 Å². The molecule has 0 unspecified atom stereocenters. The van der Waals surface area contributed by atoms with Crippen LogP contribution in [-0.4, -0.2) is 18.2 Å². The second kappa shape index (κ2) is 5.10. The van der Waals surface area contributed by atoms with Gasteiger partial charge in [0, 0.05) is 6.07 Å². The van der Waals surface area contributed by atoms with Gasteiger partial charge in [-0.05, 0) is 29.8 Å². The minimum atomic E-state index is 0.523. The summed E-state index contributed by atoms with van der Waals surface area (Å²) in [5.74, 6) is 1.47. The van der Waals surface area contributed by atoms with Crippen molar-refractivity contribution in [3.63, 3.8) is 0 Å². The van der Waals surface area contributed by atoms with E-state index in [0.29, 0.717) is 24.1 Å². The van der Waals surface area contributed by atoms with Gasteiger partial charge in [0.1, 0.15) is 17.0 Å². The molecule has 0 saturated heterocycles. The maximum absolute atomic E-state index is 5.74. The largest absolute Gasteiger partial charge is 0.492 e. The van der Waals surface area contributed by atoms with E-state index in [1.165, 1.54) is 11.3 Å². The summed E-state index contributed by atoms with van der Waals surface area (Å²) in [5.41, 5.74) is 6.52. The maximum Gasteiger partial charge on any atom is 0.181 e. The third-order valence-electron chi connectivity index (χ3n) is 2.15. The number of anilines is 1. The number of hydrogen-bond acceptors (Lipinski definition) is 5. The summed E-state index contributed by atoms with van der Waals surface area (Å²) >= 11 is 4.93. The molecule has 92 valence electrons. The van der Waals surface area contributed by atoms with Crippen LogP contribution in [0.5, 0.6) is 11.5 Å². The summed E-state index contributed by atoms with van der Waals surface area (Å²) in [7, 11) is 0. The standard InChI is InChI=1S/C11H13BrN2O2S/c1-3-15-6-5-7(16-4-2)9-10(8(6)12)17-11(13)14-9/h5H,3-4H2,1-2H3,(H2,13,14). The molecule has 0 fully saturated rings. The molecule has 1 aromatic heterocycles. The van der Waals surface area contributed by atoms with Gasteiger partial charge in [0.05, 0.1) is 22.4 Å². The molecular weight excluding hydrogens is 304 g/mol. The van der Waals surface area contributed by atoms with Gasteiger partial charge in [-0.15, -0.1) is 0 Å². The zero-order valence-corrected chi connectivity index (χ0v) is 12.0. The van der Waals surface area contributed by atoms with E-state index in [9.17, 15) is 0 Å². The minimum absolute atomic E-state index is 0.523. The predicted molar refractivity (Wildman–Crippen MR) is 74.1 cm³/mol. The van der Waals surface area contributed by atoms with Crippen molar-refractivity contribution in [1.29, 1.82) is 0 Å². The molecular formula is C11H13BrN2O2S. The highest BCUT2D eigenvalue weighted by atomic mass is 79.9. The molecule has 0 bridgehead atoms. The molecule has 0 spiro atoms. The van der Waals surface area contributed by atoms with Crippen LogP contribution in [-0.2, 0) is 0 Å². The zero-order chi connectivity index (χ0) is 12.4. The van der Waals surface area contributed by atoms with E-state index in [1.807, 2.05) is 19.9 Å². The lowest BCUT2D eigenvalue weighted by atomic mass is 10.3. The quantitative estimate of drug-likeness (QED) is 0.938. The number of nitrogen functional groups attached to an aromatic ring is 1. The highest BCUT2D eigenvalue weighted by Gasteiger charge is 2.16. The third-order valence-corrected chi connectivity index (χ3v) is 4.11. The van der Waals surface area contributed by atoms with Crippen LogP contribution in [0.2, 0.25) is 0 Å². The van der Waals surface area contributed by atoms with Crippen LogP contribution >= 0.6 is 27.3 Å². The fourth-order valence-corrected chi connectivity index (χ4v) is 2.98. The number of thiazole rings is 1. The van der Waals surface area contributed by atoms with Gasteiger partial charge in [-0.3, -0.25) is 0 Å². The molecule has 1 heterocycles. The van der Waals surface area contributed by atoms with Crippen LogP contribution in [0, 0.1) is 0 Å². The molecule has 0 atom stereocenters. The van der Waals surface area contributed by atoms with E-state index in [1.54, 1.807) is 0 Å². The lowest BCUT2D eigenvalue weighted by Gasteiger charge is -2.10. The minimum Gasteiger partial charge on any atom is -0.492 e. The summed E-state index contributed by atoms with van der Waals surface area (Å²) in [6.45, 7) is 5.06. The smallest absolute Gasteiger partial charge is 0.181 e. The molecule has 0 aliphatic carbocycles. The summed E-state index contributed by atoms with van der Waals surface area (Å²) in [6.07, 6.45) is 0. The molecule has 0 amide bonds. The Morgan fingerprint density at radius 1 is 1.29 bits per heavy atom. The first-order chi connectivity index (χ1) is 8.17. The predicted octanol–water partition coefficient (Wildman–Crippen LogP) is 3.44. The molecule has 0 aliphatic heterocycles. The van der Waals surface area contributed by atoms with E-state index in [0.717, 1.165) is 20.4 Å². The fraction of sp³-hybridized carbons (Fsp3) is 0.364. The molecule has 4 nitrogen and oxygen atoms in total. The number of hydrogen-bond donors (Lipinski definition) is 1. The monoisotopic (exact) mass is 316 g/mol. The van der Waals surface area contributed by atoms with Crippen LogP contribution in [0.4, 0.5) is 5.13 Å². The van der Waals surface area contributed by atoms with E-state index in [4.69, 9.17) is 15.2 Å². The SMILES string of the molecule is CCOc1cc(OCC)c2nc(N)sc2c1Br. The van der Waals surface area contributed by atoms with Gasteiger partial charge in [-0.25, -0.2) is 4.98 Å². The van der Waals surface area contributed by atoms with Gasteiger partial charge in [0.15, 0.2) is 5.13 Å². The molecule has 17 heavy (non-hydrogen) atoms. The normalized spacial score (nSPS) is 10.8. The van der Waals surface area contributed by atoms with Crippen molar-refractivity contribution in [3.05, 3.63) is 10.5 Å². The van der Waals surface area contributed by atoms with E-state index >= 15 is 0 Å². The average molecular weight is 317 g/mol. The Kier molecular flexibility index (Phi) is 3.73. The van der Waals surface area contributed by atoms with Crippen molar-refractivity contribution in [2.75, 3.05) is 18.9 Å². The number of ether oxygens (including phenoxy) is 2. The second-order valence-corrected chi connectivity index (χ2v) is 5.11. The van der Waals surface area contributed by atoms with Crippen LogP contribution in [0.3, 0.4) is 0 Å². The van der Waals surface area contributed by atoms with E-state index in [-0.39, 0.29) is 0 Å². The van der Waals surface area contributed by atoms with Crippen molar-refractivity contribution in [3.8, 4) is 11.5 Å². The Labute approximate surface area is 112 Å². The summed E-state index contributed by atoms with van der Waals surface area (Å²) < 4.78 is 13.0. The zero-order valence-electron chi connectivity index (χ0n) is 9.62. The van der Waals surface area contributed by atoms with Crippen molar-refractivity contribution in [1.82, 2.24) is 4.98 Å². The first-order valence-corrected chi connectivity index (χ1v) is 6.92. The Bertz CT molecular complexity index is 542. The van der Waals surface area contributed by atoms with Gasteiger partial charge >= 0.3 is 0 Å². The molecule has 2 rings (SSSR count). The lowest BCUT2D eigenvalue weighted by molar-refractivity contribution is 0.324. The number of nitrogens with two attached hydrogens (primary N) is 1. The topological polar surface area (TPSA) is 57.4 Å². The number of rotatable bonds is 4. The number of aromatic nitrogens is 1. The van der Waals surface area contributed by atoms with Crippen LogP contribution < -0.4 is 15.2 Å². The molecule has 0 saturated carbocycles. The van der Waals surface area contributed by atoms with Crippen LogP contribution in [0.15, 0.2) is 10.5 Å². The van der Waals surface area contributed by atoms with Crippen LogP contribution in [0.1, 0.15) is 13.8 Å². The van der Waals surface area contributed by atoms with Gasteiger partial charge in [0.2, 0.25) is 0 Å². The van der Waals surface area contributed by atoms with Crippen molar-refractivity contribution >= 4 is 42.6 Å². The molecule has 1 aromatic carbocycles. The Morgan fingerprint density at radius 3 is 2.59 bits per heavy atom. The Balaban J connectivity index is 2.65. The maximum atomic E-state index is 5.74. The first kappa shape index (κ1) is 12.4. The van der Waals surface area contributed by atoms with Gasteiger partial charge in [-0.2, -0.15) is 0 Å². The Morgan fingerprint density at radius 2 is 1.94 bits per heavy atom. The van der Waals surface area contributed by atoms with Gasteiger partial charge in [-0.1, -0.05) is 11.3 Å². The fourth-order valence-electron chi connectivity index (χ4n) is 1.54. The number of benzene rings is 1. The molecule has 2 aromatic rings. The Hall–Kier alpha value is -1.01. The van der Waals surface area contributed by atoms with Gasteiger partial charge in [0.25, 0.3) is 0 Å². The van der Waals surface area contributed by atoms with E-state index < -0.39 is 0 Å². The third kappa shape index (κ3) is 2.32. The molecule has 0 radical (unpaired) electrons. The molecule has 0 aliphatic rings. The van der Waals surface area contributed by atoms with E-state index in [2.05, 4.69) is 20.9 Å².